The molecule has 0 aliphatic carbocycles. The number of hydrogen-bond acceptors (Lipinski definition) is 3. The molecule has 0 aliphatic heterocycles. The summed E-state index contributed by atoms with van der Waals surface area (Å²) in [4.78, 5) is 0. The minimum atomic E-state index is -0.358. The van der Waals surface area contributed by atoms with E-state index in [0.717, 1.165) is 5.56 Å². The van der Waals surface area contributed by atoms with Crippen LogP contribution in [0.25, 0.3) is 0 Å². The summed E-state index contributed by atoms with van der Waals surface area (Å²) in [5.41, 5.74) is 3.91. The second kappa shape index (κ2) is 7.09. The zero-order valence-corrected chi connectivity index (χ0v) is 12.9. The molecule has 3 N–H and O–H groups in total. The molecule has 0 radical (unpaired) electrons. The molecule has 0 aliphatic rings. The van der Waals surface area contributed by atoms with E-state index >= 15 is 0 Å². The van der Waals surface area contributed by atoms with E-state index in [1.807, 2.05) is 6.07 Å². The Morgan fingerprint density at radius 2 is 2.00 bits per heavy atom. The van der Waals surface area contributed by atoms with Gasteiger partial charge in [-0.1, -0.05) is 35.3 Å². The van der Waals surface area contributed by atoms with E-state index in [1.165, 1.54) is 13.2 Å². The van der Waals surface area contributed by atoms with E-state index in [9.17, 15) is 4.39 Å². The van der Waals surface area contributed by atoms with Crippen molar-refractivity contribution in [2.24, 2.45) is 5.84 Å². The van der Waals surface area contributed by atoms with Crippen LogP contribution in [0.5, 0.6) is 5.75 Å². The summed E-state index contributed by atoms with van der Waals surface area (Å²) in [6.07, 6.45) is 0.312. The minimum absolute atomic E-state index is 0.312. The van der Waals surface area contributed by atoms with E-state index in [1.54, 1.807) is 24.3 Å². The van der Waals surface area contributed by atoms with Crippen molar-refractivity contribution in [3.63, 3.8) is 0 Å². The minimum Gasteiger partial charge on any atom is -0.495 e. The SMILES string of the molecule is COc1cc(C(Cc2c(F)cccc2Cl)NN)ccc1Cl. The first kappa shape index (κ1) is 16.0. The van der Waals surface area contributed by atoms with Crippen molar-refractivity contribution >= 4 is 23.2 Å². The third-order valence-electron chi connectivity index (χ3n) is 3.25. The van der Waals surface area contributed by atoms with Crippen LogP contribution >= 0.6 is 23.2 Å². The number of benzene rings is 2. The molecule has 3 nitrogen and oxygen atoms in total. The summed E-state index contributed by atoms with van der Waals surface area (Å²) >= 11 is 12.0. The van der Waals surface area contributed by atoms with Gasteiger partial charge in [0.1, 0.15) is 11.6 Å². The molecule has 0 aromatic heterocycles. The smallest absolute Gasteiger partial charge is 0.137 e. The monoisotopic (exact) mass is 328 g/mol. The van der Waals surface area contributed by atoms with E-state index in [2.05, 4.69) is 5.43 Å². The zero-order chi connectivity index (χ0) is 15.4. The van der Waals surface area contributed by atoms with Crippen LogP contribution in [-0.4, -0.2) is 7.11 Å². The first-order valence-corrected chi connectivity index (χ1v) is 7.05. The Morgan fingerprint density at radius 3 is 2.62 bits per heavy atom. The van der Waals surface area contributed by atoms with Crippen molar-refractivity contribution in [1.29, 1.82) is 0 Å². The van der Waals surface area contributed by atoms with Gasteiger partial charge in [-0.05, 0) is 36.2 Å². The molecule has 21 heavy (non-hydrogen) atoms. The van der Waals surface area contributed by atoms with Gasteiger partial charge in [0, 0.05) is 10.6 Å². The van der Waals surface area contributed by atoms with E-state index < -0.39 is 0 Å². The molecule has 1 unspecified atom stereocenters. The standard InChI is InChI=1S/C15H15Cl2FN2O/c1-21-15-7-9(5-6-12(15)17)14(20-19)8-10-11(16)3-2-4-13(10)18/h2-7,14,20H,8,19H2,1H3. The van der Waals surface area contributed by atoms with Crippen LogP contribution in [0.2, 0.25) is 10.0 Å². The lowest BCUT2D eigenvalue weighted by Crippen LogP contribution is -2.30. The number of rotatable bonds is 5. The van der Waals surface area contributed by atoms with Crippen molar-refractivity contribution < 1.29 is 9.13 Å². The summed E-state index contributed by atoms with van der Waals surface area (Å²) in [5, 5.41) is 0.872. The fourth-order valence-electron chi connectivity index (χ4n) is 2.10. The fourth-order valence-corrected chi connectivity index (χ4v) is 2.53. The maximum absolute atomic E-state index is 13.9. The van der Waals surface area contributed by atoms with Crippen molar-refractivity contribution in [3.8, 4) is 5.75 Å². The molecule has 2 aromatic rings. The van der Waals surface area contributed by atoms with Crippen LogP contribution in [0.15, 0.2) is 36.4 Å². The van der Waals surface area contributed by atoms with Gasteiger partial charge in [-0.15, -0.1) is 0 Å². The predicted molar refractivity (Wildman–Crippen MR) is 83.2 cm³/mol. The molecule has 2 aromatic carbocycles. The highest BCUT2D eigenvalue weighted by Crippen LogP contribution is 2.30. The highest BCUT2D eigenvalue weighted by atomic mass is 35.5. The predicted octanol–water partition coefficient (Wildman–Crippen LogP) is 3.89. The number of nitrogens with two attached hydrogens (primary N) is 1. The molecule has 0 amide bonds. The summed E-state index contributed by atoms with van der Waals surface area (Å²) in [6.45, 7) is 0. The normalized spacial score (nSPS) is 12.2. The molecular formula is C15H15Cl2FN2O. The number of hydrogen-bond donors (Lipinski definition) is 2. The van der Waals surface area contributed by atoms with Gasteiger partial charge >= 0.3 is 0 Å². The maximum Gasteiger partial charge on any atom is 0.137 e. The van der Waals surface area contributed by atoms with E-state index in [0.29, 0.717) is 27.8 Å². The first-order valence-electron chi connectivity index (χ1n) is 6.29. The average Bonchev–Trinajstić information content (AvgIpc) is 2.48. The van der Waals surface area contributed by atoms with Crippen LogP contribution < -0.4 is 16.0 Å². The molecule has 1 atom stereocenters. The van der Waals surface area contributed by atoms with E-state index in [4.69, 9.17) is 33.8 Å². The molecule has 0 spiro atoms. The maximum atomic E-state index is 13.9. The van der Waals surface area contributed by atoms with Gasteiger partial charge < -0.3 is 4.74 Å². The van der Waals surface area contributed by atoms with Gasteiger partial charge in [0.05, 0.1) is 18.2 Å². The lowest BCUT2D eigenvalue weighted by Gasteiger charge is -2.18. The van der Waals surface area contributed by atoms with Gasteiger partial charge in [0.25, 0.3) is 0 Å². The van der Waals surface area contributed by atoms with Gasteiger partial charge in [0.15, 0.2) is 0 Å². The Morgan fingerprint density at radius 1 is 1.24 bits per heavy atom. The second-order valence-electron chi connectivity index (χ2n) is 4.52. The largest absolute Gasteiger partial charge is 0.495 e. The summed E-state index contributed by atoms with van der Waals surface area (Å²) < 4.78 is 19.1. The quantitative estimate of drug-likeness (QED) is 0.646. The van der Waals surface area contributed by atoms with Crippen LogP contribution in [-0.2, 0) is 6.42 Å². The Labute approximate surface area is 132 Å². The lowest BCUT2D eigenvalue weighted by molar-refractivity contribution is 0.413. The van der Waals surface area contributed by atoms with Crippen molar-refractivity contribution in [2.75, 3.05) is 7.11 Å². The molecule has 0 saturated heterocycles. The zero-order valence-electron chi connectivity index (χ0n) is 11.4. The number of halogens is 3. The summed E-state index contributed by atoms with van der Waals surface area (Å²) in [7, 11) is 1.53. The van der Waals surface area contributed by atoms with Crippen LogP contribution in [0.1, 0.15) is 17.2 Å². The molecular weight excluding hydrogens is 314 g/mol. The Hall–Kier alpha value is -1.33. The Balaban J connectivity index is 2.32. The third-order valence-corrected chi connectivity index (χ3v) is 3.92. The molecule has 0 fully saturated rings. The Kier molecular flexibility index (Phi) is 5.42. The van der Waals surface area contributed by atoms with Gasteiger partial charge in [-0.3, -0.25) is 11.3 Å². The lowest BCUT2D eigenvalue weighted by atomic mass is 9.98. The molecule has 0 saturated carbocycles. The molecule has 0 bridgehead atoms. The molecule has 0 heterocycles. The number of hydrazine groups is 1. The summed E-state index contributed by atoms with van der Waals surface area (Å²) in [5.74, 6) is 5.77. The highest BCUT2D eigenvalue weighted by molar-refractivity contribution is 6.32. The molecule has 6 heteroatoms. The second-order valence-corrected chi connectivity index (χ2v) is 5.33. The average molecular weight is 329 g/mol. The topological polar surface area (TPSA) is 47.3 Å². The highest BCUT2D eigenvalue weighted by Gasteiger charge is 2.17. The van der Waals surface area contributed by atoms with Gasteiger partial charge in [0.2, 0.25) is 0 Å². The number of ether oxygens (including phenoxy) is 1. The van der Waals surface area contributed by atoms with Crippen molar-refractivity contribution in [3.05, 3.63) is 63.4 Å². The van der Waals surface area contributed by atoms with Crippen LogP contribution in [0, 0.1) is 5.82 Å². The van der Waals surface area contributed by atoms with E-state index in [-0.39, 0.29) is 11.9 Å². The number of methoxy groups -OCH3 is 1. The van der Waals surface area contributed by atoms with Gasteiger partial charge in [-0.2, -0.15) is 0 Å². The van der Waals surface area contributed by atoms with Crippen LogP contribution in [0.3, 0.4) is 0 Å². The fraction of sp³-hybridized carbons (Fsp3) is 0.200. The third kappa shape index (κ3) is 3.66. The molecule has 112 valence electrons. The first-order chi connectivity index (χ1) is 10.1. The van der Waals surface area contributed by atoms with Gasteiger partial charge in [-0.25, -0.2) is 4.39 Å². The van der Waals surface area contributed by atoms with Crippen LogP contribution in [0.4, 0.5) is 4.39 Å². The van der Waals surface area contributed by atoms with Crippen molar-refractivity contribution in [1.82, 2.24) is 5.43 Å². The Bertz CT molecular complexity index is 617. The van der Waals surface area contributed by atoms with Crippen molar-refractivity contribution in [2.45, 2.75) is 12.5 Å². The molecule has 2 rings (SSSR count). The number of nitrogens with one attached hydrogen (secondary N) is 1. The summed E-state index contributed by atoms with van der Waals surface area (Å²) in [6, 6.07) is 9.56.